The van der Waals surface area contributed by atoms with Gasteiger partial charge in [-0.15, -0.1) is 0 Å². The van der Waals surface area contributed by atoms with Crippen molar-refractivity contribution in [2.45, 2.75) is 19.4 Å². The largest absolute Gasteiger partial charge is 0.484 e. The van der Waals surface area contributed by atoms with Gasteiger partial charge in [-0.3, -0.25) is 4.79 Å². The summed E-state index contributed by atoms with van der Waals surface area (Å²) in [6.07, 6.45) is 1.76. The molecule has 0 spiro atoms. The Balaban J connectivity index is 1.69. The van der Waals surface area contributed by atoms with E-state index in [1.54, 1.807) is 0 Å². The van der Waals surface area contributed by atoms with Crippen molar-refractivity contribution in [2.75, 3.05) is 13.2 Å². The zero-order valence-electron chi connectivity index (χ0n) is 13.0. The molecule has 0 bridgehead atoms. The lowest BCUT2D eigenvalue weighted by Gasteiger charge is -2.13. The van der Waals surface area contributed by atoms with Crippen LogP contribution in [0.25, 0.3) is 0 Å². The van der Waals surface area contributed by atoms with Gasteiger partial charge in [0.2, 0.25) is 0 Å². The standard InChI is InChI=1S/C17H22N2O3/c1-13-5-3-6-14(11-13)22-12-17(21)18-9-8-16(20)15-7-4-10-19(15)2/h3-7,10-11,16,20H,8-9,12H2,1-2H3,(H,18,21). The van der Waals surface area contributed by atoms with Crippen molar-refractivity contribution in [3.05, 3.63) is 53.9 Å². The topological polar surface area (TPSA) is 63.5 Å². The van der Waals surface area contributed by atoms with E-state index in [4.69, 9.17) is 4.74 Å². The summed E-state index contributed by atoms with van der Waals surface area (Å²) in [5.74, 6) is 0.486. The highest BCUT2D eigenvalue weighted by molar-refractivity contribution is 5.77. The molecule has 1 amide bonds. The van der Waals surface area contributed by atoms with Gasteiger partial charge in [0.15, 0.2) is 6.61 Å². The highest BCUT2D eigenvalue weighted by Crippen LogP contribution is 2.15. The van der Waals surface area contributed by atoms with Crippen molar-refractivity contribution >= 4 is 5.91 Å². The maximum atomic E-state index is 11.7. The number of amides is 1. The molecule has 0 aliphatic carbocycles. The number of nitrogens with one attached hydrogen (secondary N) is 1. The summed E-state index contributed by atoms with van der Waals surface area (Å²) >= 11 is 0. The smallest absolute Gasteiger partial charge is 0.257 e. The number of carbonyl (C=O) groups excluding carboxylic acids is 1. The van der Waals surface area contributed by atoms with Crippen molar-refractivity contribution < 1.29 is 14.6 Å². The summed E-state index contributed by atoms with van der Waals surface area (Å²) in [6, 6.07) is 11.3. The predicted octanol–water partition coefficient (Wildman–Crippen LogP) is 1.95. The number of benzene rings is 1. The third-order valence-electron chi connectivity index (χ3n) is 3.42. The van der Waals surface area contributed by atoms with Gasteiger partial charge < -0.3 is 19.7 Å². The van der Waals surface area contributed by atoms with E-state index in [1.807, 2.05) is 61.1 Å². The van der Waals surface area contributed by atoms with Crippen LogP contribution < -0.4 is 10.1 Å². The molecule has 1 aromatic heterocycles. The monoisotopic (exact) mass is 302 g/mol. The third-order valence-corrected chi connectivity index (χ3v) is 3.42. The van der Waals surface area contributed by atoms with Crippen LogP contribution in [0.1, 0.15) is 23.8 Å². The summed E-state index contributed by atoms with van der Waals surface area (Å²) in [4.78, 5) is 11.7. The molecule has 1 heterocycles. The molecule has 0 saturated heterocycles. The lowest BCUT2D eigenvalue weighted by molar-refractivity contribution is -0.123. The Hall–Kier alpha value is -2.27. The first-order chi connectivity index (χ1) is 10.6. The van der Waals surface area contributed by atoms with Gasteiger partial charge in [-0.25, -0.2) is 0 Å². The zero-order chi connectivity index (χ0) is 15.9. The molecule has 22 heavy (non-hydrogen) atoms. The fraction of sp³-hybridized carbons (Fsp3) is 0.353. The van der Waals surface area contributed by atoms with Gasteiger partial charge in [0, 0.05) is 25.5 Å². The highest BCUT2D eigenvalue weighted by atomic mass is 16.5. The van der Waals surface area contributed by atoms with Gasteiger partial charge >= 0.3 is 0 Å². The third kappa shape index (κ3) is 4.63. The Bertz CT molecular complexity index is 622. The van der Waals surface area contributed by atoms with Crippen LogP contribution in [-0.2, 0) is 11.8 Å². The molecule has 2 rings (SSSR count). The summed E-state index contributed by atoms with van der Waals surface area (Å²) in [6.45, 7) is 2.35. The van der Waals surface area contributed by atoms with E-state index in [0.29, 0.717) is 18.7 Å². The van der Waals surface area contributed by atoms with Crippen molar-refractivity contribution in [1.29, 1.82) is 0 Å². The molecule has 1 unspecified atom stereocenters. The Kier molecular flexibility index (Phi) is 5.61. The van der Waals surface area contributed by atoms with E-state index < -0.39 is 6.10 Å². The molecule has 118 valence electrons. The average Bonchev–Trinajstić information content (AvgIpc) is 2.91. The molecule has 0 saturated carbocycles. The molecule has 0 radical (unpaired) electrons. The molecule has 0 aliphatic heterocycles. The second kappa shape index (κ2) is 7.66. The van der Waals surface area contributed by atoms with E-state index >= 15 is 0 Å². The van der Waals surface area contributed by atoms with Crippen LogP contribution in [-0.4, -0.2) is 28.7 Å². The second-order valence-electron chi connectivity index (χ2n) is 5.30. The first-order valence-corrected chi connectivity index (χ1v) is 7.31. The van der Waals surface area contributed by atoms with E-state index in [2.05, 4.69) is 5.32 Å². The van der Waals surface area contributed by atoms with Gasteiger partial charge in [0.05, 0.1) is 6.10 Å². The van der Waals surface area contributed by atoms with Crippen molar-refractivity contribution in [3.8, 4) is 5.75 Å². The number of aryl methyl sites for hydroxylation is 2. The molecule has 5 nitrogen and oxygen atoms in total. The number of ether oxygens (including phenoxy) is 1. The molecule has 1 aromatic carbocycles. The summed E-state index contributed by atoms with van der Waals surface area (Å²) in [5, 5.41) is 12.8. The number of aliphatic hydroxyl groups excluding tert-OH is 1. The van der Waals surface area contributed by atoms with Crippen LogP contribution in [0.3, 0.4) is 0 Å². The van der Waals surface area contributed by atoms with Gasteiger partial charge in [-0.2, -0.15) is 0 Å². The Morgan fingerprint density at radius 1 is 1.36 bits per heavy atom. The Morgan fingerprint density at radius 2 is 2.18 bits per heavy atom. The van der Waals surface area contributed by atoms with E-state index in [-0.39, 0.29) is 12.5 Å². The van der Waals surface area contributed by atoms with E-state index in [9.17, 15) is 9.90 Å². The quantitative estimate of drug-likeness (QED) is 0.822. The minimum atomic E-state index is -0.585. The van der Waals surface area contributed by atoms with E-state index in [0.717, 1.165) is 11.3 Å². The van der Waals surface area contributed by atoms with Gasteiger partial charge in [-0.05, 0) is 43.2 Å². The van der Waals surface area contributed by atoms with Crippen LogP contribution in [0.15, 0.2) is 42.6 Å². The fourth-order valence-electron chi connectivity index (χ4n) is 2.22. The summed E-state index contributed by atoms with van der Waals surface area (Å²) < 4.78 is 7.29. The number of hydrogen-bond donors (Lipinski definition) is 2. The van der Waals surface area contributed by atoms with Crippen molar-refractivity contribution in [3.63, 3.8) is 0 Å². The maximum Gasteiger partial charge on any atom is 0.257 e. The minimum absolute atomic E-state index is 0.0241. The number of carbonyl (C=O) groups is 1. The van der Waals surface area contributed by atoms with Crippen molar-refractivity contribution in [2.24, 2.45) is 7.05 Å². The van der Waals surface area contributed by atoms with Crippen LogP contribution in [0, 0.1) is 6.92 Å². The SMILES string of the molecule is Cc1cccc(OCC(=O)NCCC(O)c2cccn2C)c1. The average molecular weight is 302 g/mol. The first-order valence-electron chi connectivity index (χ1n) is 7.31. The maximum absolute atomic E-state index is 11.7. The molecule has 2 N–H and O–H groups in total. The van der Waals surface area contributed by atoms with Gasteiger partial charge in [-0.1, -0.05) is 12.1 Å². The van der Waals surface area contributed by atoms with Gasteiger partial charge in [0.1, 0.15) is 5.75 Å². The molecule has 0 fully saturated rings. The Morgan fingerprint density at radius 3 is 2.86 bits per heavy atom. The van der Waals surface area contributed by atoms with Gasteiger partial charge in [0.25, 0.3) is 5.91 Å². The van der Waals surface area contributed by atoms with Crippen LogP contribution in [0.4, 0.5) is 0 Å². The van der Waals surface area contributed by atoms with Crippen LogP contribution in [0.2, 0.25) is 0 Å². The van der Waals surface area contributed by atoms with E-state index in [1.165, 1.54) is 0 Å². The second-order valence-corrected chi connectivity index (χ2v) is 5.30. The number of hydrogen-bond acceptors (Lipinski definition) is 3. The Labute approximate surface area is 130 Å². The van der Waals surface area contributed by atoms with Crippen LogP contribution in [0.5, 0.6) is 5.75 Å². The normalized spacial score (nSPS) is 12.0. The molecule has 5 heteroatoms. The minimum Gasteiger partial charge on any atom is -0.484 e. The summed E-state index contributed by atoms with van der Waals surface area (Å²) in [5.41, 5.74) is 1.92. The van der Waals surface area contributed by atoms with Crippen LogP contribution >= 0.6 is 0 Å². The molecule has 0 aliphatic rings. The fourth-order valence-corrected chi connectivity index (χ4v) is 2.22. The molecular formula is C17H22N2O3. The number of aliphatic hydroxyl groups is 1. The number of aromatic nitrogens is 1. The number of nitrogens with zero attached hydrogens (tertiary/aromatic N) is 1. The lowest BCUT2D eigenvalue weighted by atomic mass is 10.2. The molecular weight excluding hydrogens is 280 g/mol. The predicted molar refractivity (Wildman–Crippen MR) is 84.7 cm³/mol. The summed E-state index contributed by atoms with van der Waals surface area (Å²) in [7, 11) is 1.88. The number of rotatable bonds is 7. The zero-order valence-corrected chi connectivity index (χ0v) is 13.0. The lowest BCUT2D eigenvalue weighted by Crippen LogP contribution is -2.30. The molecule has 2 aromatic rings. The molecule has 1 atom stereocenters. The van der Waals surface area contributed by atoms with Crippen molar-refractivity contribution in [1.82, 2.24) is 9.88 Å². The highest BCUT2D eigenvalue weighted by Gasteiger charge is 2.11. The first kappa shape index (κ1) is 16.1.